The van der Waals surface area contributed by atoms with Crippen molar-refractivity contribution in [2.75, 3.05) is 33.7 Å². The highest BCUT2D eigenvalue weighted by Crippen LogP contribution is 2.54. The van der Waals surface area contributed by atoms with Gasteiger partial charge in [-0.05, 0) is 70.6 Å². The molecular weight excluding hydrogens is 324 g/mol. The lowest BCUT2D eigenvalue weighted by Gasteiger charge is -2.46. The van der Waals surface area contributed by atoms with Crippen molar-refractivity contribution >= 4 is 5.97 Å². The molecule has 0 bridgehead atoms. The number of piperidine rings is 1. The first-order chi connectivity index (χ1) is 12.4. The highest BCUT2D eigenvalue weighted by atomic mass is 16.6. The number of carbonyl (C=O) groups is 1. The molecule has 0 N–H and O–H groups in total. The van der Waals surface area contributed by atoms with Gasteiger partial charge in [0, 0.05) is 18.5 Å². The van der Waals surface area contributed by atoms with E-state index in [1.807, 2.05) is 0 Å². The summed E-state index contributed by atoms with van der Waals surface area (Å²) in [5.41, 5.74) is 1.88. The SMILES string of the molecule is C[C@H]1CCC[C@]2(C)C[C@H]3OC(=O)[C@H](CN(C)C4CCN(C)CC4)[C@H]3C=C12. The average Bonchev–Trinajstić information content (AvgIpc) is 2.88. The van der Waals surface area contributed by atoms with Gasteiger partial charge in [-0.25, -0.2) is 0 Å². The molecule has 5 atom stereocenters. The Bertz CT molecular complexity index is 581. The van der Waals surface area contributed by atoms with E-state index in [9.17, 15) is 4.79 Å². The van der Waals surface area contributed by atoms with Crippen LogP contribution in [0.15, 0.2) is 11.6 Å². The Morgan fingerprint density at radius 2 is 2.04 bits per heavy atom. The van der Waals surface area contributed by atoms with E-state index in [0.29, 0.717) is 17.9 Å². The molecular formula is C22H36N2O2. The molecule has 0 amide bonds. The van der Waals surface area contributed by atoms with Gasteiger partial charge in [-0.1, -0.05) is 31.9 Å². The first-order valence-electron chi connectivity index (χ1n) is 10.7. The van der Waals surface area contributed by atoms with Crippen LogP contribution in [0, 0.1) is 23.2 Å². The van der Waals surface area contributed by atoms with Gasteiger partial charge in [0.2, 0.25) is 0 Å². The Kier molecular flexibility index (Phi) is 4.94. The van der Waals surface area contributed by atoms with Gasteiger partial charge in [-0.3, -0.25) is 4.79 Å². The molecule has 4 heteroatoms. The minimum Gasteiger partial charge on any atom is -0.461 e. The summed E-state index contributed by atoms with van der Waals surface area (Å²) >= 11 is 0. The summed E-state index contributed by atoms with van der Waals surface area (Å²) in [6.45, 7) is 7.95. The van der Waals surface area contributed by atoms with Crippen molar-refractivity contribution in [3.05, 3.63) is 11.6 Å². The minimum absolute atomic E-state index is 0.0239. The van der Waals surface area contributed by atoms with E-state index in [1.54, 1.807) is 5.57 Å². The number of ether oxygens (including phenoxy) is 1. The average molecular weight is 361 g/mol. The first-order valence-corrected chi connectivity index (χ1v) is 10.7. The molecule has 2 heterocycles. The van der Waals surface area contributed by atoms with Gasteiger partial charge in [-0.2, -0.15) is 0 Å². The zero-order chi connectivity index (χ0) is 18.5. The summed E-state index contributed by atoms with van der Waals surface area (Å²) in [6, 6.07) is 0.605. The van der Waals surface area contributed by atoms with Gasteiger partial charge in [0.15, 0.2) is 0 Å². The fourth-order valence-electron chi connectivity index (χ4n) is 6.15. The second-order valence-corrected chi connectivity index (χ2v) is 9.81. The molecule has 0 aromatic heterocycles. The molecule has 0 unspecified atom stereocenters. The fraction of sp³-hybridized carbons (Fsp3) is 0.864. The normalized spacial score (nSPS) is 41.6. The third-order valence-corrected chi connectivity index (χ3v) is 7.88. The van der Waals surface area contributed by atoms with E-state index in [0.717, 1.165) is 26.1 Å². The van der Waals surface area contributed by atoms with Crippen LogP contribution in [0.4, 0.5) is 0 Å². The zero-order valence-corrected chi connectivity index (χ0v) is 17.0. The van der Waals surface area contributed by atoms with Gasteiger partial charge < -0.3 is 14.5 Å². The lowest BCUT2D eigenvalue weighted by molar-refractivity contribution is -0.145. The number of hydrogen-bond donors (Lipinski definition) is 0. The van der Waals surface area contributed by atoms with Crippen LogP contribution in [0.25, 0.3) is 0 Å². The highest BCUT2D eigenvalue weighted by molar-refractivity contribution is 5.76. The molecule has 4 nitrogen and oxygen atoms in total. The van der Waals surface area contributed by atoms with E-state index >= 15 is 0 Å². The lowest BCUT2D eigenvalue weighted by atomic mass is 9.59. The summed E-state index contributed by atoms with van der Waals surface area (Å²) in [7, 11) is 4.41. The third kappa shape index (κ3) is 3.24. The van der Waals surface area contributed by atoms with Crippen LogP contribution in [-0.2, 0) is 9.53 Å². The standard InChI is InChI=1S/C22H36N2O2/c1-15-6-5-9-22(2)13-20-17(12-19(15)22)18(21(25)26-20)14-24(4)16-7-10-23(3)11-8-16/h12,15-18,20H,5-11,13-14H2,1-4H3/t15-,17+,18+,20+,22+/m0/s1. The maximum atomic E-state index is 12.7. The van der Waals surface area contributed by atoms with Crippen LogP contribution in [0.1, 0.15) is 52.4 Å². The third-order valence-electron chi connectivity index (χ3n) is 7.88. The Balaban J connectivity index is 1.49. The molecule has 0 aromatic rings. The topological polar surface area (TPSA) is 32.8 Å². The second-order valence-electron chi connectivity index (χ2n) is 9.81. The molecule has 2 aliphatic heterocycles. The predicted octanol–water partition coefficient (Wildman–Crippen LogP) is 3.33. The molecule has 146 valence electrons. The fourth-order valence-corrected chi connectivity index (χ4v) is 6.15. The molecule has 2 saturated heterocycles. The van der Waals surface area contributed by atoms with Crippen LogP contribution < -0.4 is 0 Å². The molecule has 2 aliphatic carbocycles. The Labute approximate surface area is 158 Å². The van der Waals surface area contributed by atoms with Crippen molar-refractivity contribution < 1.29 is 9.53 Å². The largest absolute Gasteiger partial charge is 0.461 e. The highest BCUT2D eigenvalue weighted by Gasteiger charge is 2.52. The van der Waals surface area contributed by atoms with Gasteiger partial charge in [-0.15, -0.1) is 0 Å². The first kappa shape index (κ1) is 18.5. The minimum atomic E-state index is 0.0239. The quantitative estimate of drug-likeness (QED) is 0.571. The Morgan fingerprint density at radius 1 is 1.31 bits per heavy atom. The number of allylic oxidation sites excluding steroid dienone is 1. The van der Waals surface area contributed by atoms with E-state index in [1.165, 1.54) is 32.1 Å². The van der Waals surface area contributed by atoms with Crippen LogP contribution in [0.2, 0.25) is 0 Å². The van der Waals surface area contributed by atoms with E-state index < -0.39 is 0 Å². The maximum Gasteiger partial charge on any atom is 0.311 e. The van der Waals surface area contributed by atoms with E-state index in [2.05, 4.69) is 43.8 Å². The number of nitrogens with zero attached hydrogens (tertiary/aromatic N) is 2. The number of carbonyl (C=O) groups excluding carboxylic acids is 1. The van der Waals surface area contributed by atoms with Crippen molar-refractivity contribution in [1.29, 1.82) is 0 Å². The van der Waals surface area contributed by atoms with Crippen LogP contribution in [0.5, 0.6) is 0 Å². The number of fused-ring (bicyclic) bond motifs is 2. The van der Waals surface area contributed by atoms with E-state index in [-0.39, 0.29) is 23.4 Å². The molecule has 0 spiro atoms. The molecule has 3 fully saturated rings. The van der Waals surface area contributed by atoms with Crippen molar-refractivity contribution in [2.24, 2.45) is 23.2 Å². The van der Waals surface area contributed by atoms with Gasteiger partial charge in [0.05, 0.1) is 5.92 Å². The van der Waals surface area contributed by atoms with Crippen LogP contribution >= 0.6 is 0 Å². The van der Waals surface area contributed by atoms with Gasteiger partial charge in [0.25, 0.3) is 0 Å². The number of likely N-dealkylation sites (tertiary alicyclic amines) is 1. The molecule has 0 aromatic carbocycles. The van der Waals surface area contributed by atoms with Gasteiger partial charge >= 0.3 is 5.97 Å². The summed E-state index contributed by atoms with van der Waals surface area (Å²) in [4.78, 5) is 17.6. The lowest BCUT2D eigenvalue weighted by Crippen LogP contribution is -2.45. The Hall–Kier alpha value is -0.870. The van der Waals surface area contributed by atoms with E-state index in [4.69, 9.17) is 4.74 Å². The number of esters is 1. The number of hydrogen-bond acceptors (Lipinski definition) is 4. The summed E-state index contributed by atoms with van der Waals surface area (Å²) < 4.78 is 5.91. The molecule has 26 heavy (non-hydrogen) atoms. The van der Waals surface area contributed by atoms with Crippen molar-refractivity contribution in [3.8, 4) is 0 Å². The smallest absolute Gasteiger partial charge is 0.311 e. The molecule has 4 aliphatic rings. The number of rotatable bonds is 3. The summed E-state index contributed by atoms with van der Waals surface area (Å²) in [5.74, 6) is 1.03. The Morgan fingerprint density at radius 3 is 2.77 bits per heavy atom. The summed E-state index contributed by atoms with van der Waals surface area (Å²) in [5, 5.41) is 0. The maximum absolute atomic E-state index is 12.7. The second kappa shape index (κ2) is 6.94. The van der Waals surface area contributed by atoms with Gasteiger partial charge in [0.1, 0.15) is 6.10 Å². The zero-order valence-electron chi connectivity index (χ0n) is 17.0. The molecule has 0 radical (unpaired) electrons. The van der Waals surface area contributed by atoms with Crippen LogP contribution in [0.3, 0.4) is 0 Å². The van der Waals surface area contributed by atoms with Crippen molar-refractivity contribution in [3.63, 3.8) is 0 Å². The molecule has 4 rings (SSSR count). The molecule has 1 saturated carbocycles. The monoisotopic (exact) mass is 360 g/mol. The summed E-state index contributed by atoms with van der Waals surface area (Å²) in [6.07, 6.45) is 9.90. The van der Waals surface area contributed by atoms with Crippen molar-refractivity contribution in [1.82, 2.24) is 9.80 Å². The van der Waals surface area contributed by atoms with Crippen molar-refractivity contribution in [2.45, 2.75) is 64.5 Å². The predicted molar refractivity (Wildman–Crippen MR) is 104 cm³/mol. The van der Waals surface area contributed by atoms with Crippen LogP contribution in [-0.4, -0.2) is 61.6 Å².